The van der Waals surface area contributed by atoms with E-state index in [2.05, 4.69) is 6.07 Å². The number of rotatable bonds is 3. The lowest BCUT2D eigenvalue weighted by Gasteiger charge is -2.38. The number of halogens is 1. The first-order valence-electron chi connectivity index (χ1n) is 10.6. The van der Waals surface area contributed by atoms with Crippen LogP contribution in [0.15, 0.2) is 89.2 Å². The quantitative estimate of drug-likeness (QED) is 0.547. The van der Waals surface area contributed by atoms with Gasteiger partial charge in [0.2, 0.25) is 5.88 Å². The van der Waals surface area contributed by atoms with E-state index in [1.165, 1.54) is 4.31 Å². The van der Waals surface area contributed by atoms with Gasteiger partial charge in [-0.1, -0.05) is 65.7 Å². The number of para-hydroxylation sites is 1. The van der Waals surface area contributed by atoms with Crippen LogP contribution in [0.25, 0.3) is 5.76 Å². The lowest BCUT2D eigenvalue weighted by molar-refractivity contribution is 0.357. The van der Waals surface area contributed by atoms with Gasteiger partial charge in [-0.25, -0.2) is 8.42 Å². The van der Waals surface area contributed by atoms with Crippen molar-refractivity contribution in [1.82, 2.24) is 0 Å². The van der Waals surface area contributed by atoms with E-state index >= 15 is 0 Å². The van der Waals surface area contributed by atoms with Crippen LogP contribution in [0.5, 0.6) is 0 Å². The standard InChI is InChI=1S/C26H20ClN3O3S/c1-16-5-4-6-17(13-16)15-30-22-8-3-2-7-20(22)24-25(34(30,31)32)23(21(14-28)26(29)33-24)18-9-11-19(27)12-10-18/h2-13,23H,15,29H2,1H3/t23-/m1/s1. The lowest BCUT2D eigenvalue weighted by Crippen LogP contribution is -2.39. The number of benzene rings is 3. The van der Waals surface area contributed by atoms with Crippen molar-refractivity contribution in [3.05, 3.63) is 116 Å². The van der Waals surface area contributed by atoms with E-state index in [4.69, 9.17) is 22.1 Å². The van der Waals surface area contributed by atoms with E-state index in [9.17, 15) is 13.7 Å². The zero-order chi connectivity index (χ0) is 24.0. The van der Waals surface area contributed by atoms with E-state index in [1.807, 2.05) is 37.3 Å². The summed E-state index contributed by atoms with van der Waals surface area (Å²) in [5.41, 5.74) is 9.73. The number of ether oxygens (including phenoxy) is 1. The average molecular weight is 490 g/mol. The molecule has 2 aliphatic rings. The van der Waals surface area contributed by atoms with Crippen molar-refractivity contribution >= 4 is 33.1 Å². The van der Waals surface area contributed by atoms with Crippen molar-refractivity contribution in [3.8, 4) is 6.07 Å². The SMILES string of the molecule is Cc1cccc(CN2c3ccccc3C3=C([C@H](c4ccc(Cl)cc4)C(C#N)=C(N)O3)S2(=O)=O)c1. The van der Waals surface area contributed by atoms with E-state index in [-0.39, 0.29) is 28.7 Å². The van der Waals surface area contributed by atoms with Gasteiger partial charge in [0.05, 0.1) is 18.2 Å². The Hall–Kier alpha value is -3.73. The third-order valence-corrected chi connectivity index (χ3v) is 8.10. The molecule has 1 atom stereocenters. The molecule has 2 aliphatic heterocycles. The third kappa shape index (κ3) is 3.52. The van der Waals surface area contributed by atoms with E-state index in [0.29, 0.717) is 21.8 Å². The maximum Gasteiger partial charge on any atom is 0.265 e. The molecule has 0 saturated carbocycles. The summed E-state index contributed by atoms with van der Waals surface area (Å²) in [6.07, 6.45) is 0. The maximum absolute atomic E-state index is 14.2. The zero-order valence-corrected chi connectivity index (χ0v) is 19.8. The van der Waals surface area contributed by atoms with Gasteiger partial charge in [0.15, 0.2) is 5.76 Å². The second kappa shape index (κ2) is 8.24. The molecular formula is C26H20ClN3O3S. The average Bonchev–Trinajstić information content (AvgIpc) is 2.81. The third-order valence-electron chi connectivity index (χ3n) is 5.97. The second-order valence-corrected chi connectivity index (χ2v) is 10.5. The number of nitriles is 1. The molecule has 0 fully saturated rings. The molecule has 0 amide bonds. The van der Waals surface area contributed by atoms with Gasteiger partial charge in [-0.05, 0) is 42.3 Å². The molecule has 0 bridgehead atoms. The number of nitrogens with zero attached hydrogens (tertiary/aromatic N) is 2. The van der Waals surface area contributed by atoms with Gasteiger partial charge in [0, 0.05) is 10.6 Å². The first-order valence-corrected chi connectivity index (χ1v) is 12.4. The molecule has 2 N–H and O–H groups in total. The van der Waals surface area contributed by atoms with Crippen LogP contribution < -0.4 is 10.0 Å². The monoisotopic (exact) mass is 489 g/mol. The minimum absolute atomic E-state index is 0.00748. The highest BCUT2D eigenvalue weighted by atomic mass is 35.5. The predicted molar refractivity (Wildman–Crippen MR) is 132 cm³/mol. The van der Waals surface area contributed by atoms with Crippen LogP contribution in [0.1, 0.15) is 28.2 Å². The summed E-state index contributed by atoms with van der Waals surface area (Å²) in [5, 5.41) is 10.4. The molecule has 34 heavy (non-hydrogen) atoms. The fraction of sp³-hybridized carbons (Fsp3) is 0.115. The number of fused-ring (bicyclic) bond motifs is 2. The van der Waals surface area contributed by atoms with Crippen LogP contribution in [0.2, 0.25) is 5.02 Å². The highest BCUT2D eigenvalue weighted by Crippen LogP contribution is 2.51. The Kier molecular flexibility index (Phi) is 5.35. The summed E-state index contributed by atoms with van der Waals surface area (Å²) in [6, 6.07) is 23.6. The molecule has 3 aromatic carbocycles. The van der Waals surface area contributed by atoms with Crippen molar-refractivity contribution < 1.29 is 13.2 Å². The topological polar surface area (TPSA) is 96.4 Å². The van der Waals surface area contributed by atoms with Gasteiger partial charge in [-0.15, -0.1) is 0 Å². The Morgan fingerprint density at radius 1 is 1.09 bits per heavy atom. The van der Waals surface area contributed by atoms with Crippen molar-refractivity contribution in [2.45, 2.75) is 19.4 Å². The first kappa shape index (κ1) is 22.1. The first-order chi connectivity index (χ1) is 16.3. The fourth-order valence-corrected chi connectivity index (χ4v) is 6.48. The maximum atomic E-state index is 14.2. The Labute approximate surface area is 203 Å². The molecule has 5 rings (SSSR count). The Morgan fingerprint density at radius 3 is 2.53 bits per heavy atom. The smallest absolute Gasteiger partial charge is 0.265 e. The normalized spacial score (nSPS) is 18.6. The molecule has 0 aliphatic carbocycles. The van der Waals surface area contributed by atoms with Gasteiger partial charge >= 0.3 is 0 Å². The summed E-state index contributed by atoms with van der Waals surface area (Å²) < 4.78 is 35.6. The minimum Gasteiger partial charge on any atom is -0.439 e. The summed E-state index contributed by atoms with van der Waals surface area (Å²) >= 11 is 6.07. The summed E-state index contributed by atoms with van der Waals surface area (Å²) in [7, 11) is -4.11. The van der Waals surface area contributed by atoms with Crippen molar-refractivity contribution in [1.29, 1.82) is 5.26 Å². The molecule has 2 heterocycles. The van der Waals surface area contributed by atoms with E-state index < -0.39 is 15.9 Å². The number of sulfonamides is 1. The lowest BCUT2D eigenvalue weighted by atomic mass is 9.88. The van der Waals surface area contributed by atoms with Gasteiger partial charge in [-0.3, -0.25) is 4.31 Å². The molecule has 6 nitrogen and oxygen atoms in total. The fourth-order valence-electron chi connectivity index (χ4n) is 4.44. The van der Waals surface area contributed by atoms with Crippen LogP contribution in [-0.4, -0.2) is 8.42 Å². The second-order valence-electron chi connectivity index (χ2n) is 8.19. The van der Waals surface area contributed by atoms with Crippen LogP contribution in [0, 0.1) is 18.3 Å². The Morgan fingerprint density at radius 2 is 1.82 bits per heavy atom. The van der Waals surface area contributed by atoms with E-state index in [1.54, 1.807) is 42.5 Å². The van der Waals surface area contributed by atoms with Crippen molar-refractivity contribution in [2.75, 3.05) is 4.31 Å². The summed E-state index contributed by atoms with van der Waals surface area (Å²) in [6.45, 7) is 2.09. The molecule has 0 spiro atoms. The van der Waals surface area contributed by atoms with Crippen LogP contribution in [-0.2, 0) is 21.3 Å². The minimum atomic E-state index is -4.11. The number of nitrogens with two attached hydrogens (primary N) is 1. The van der Waals surface area contributed by atoms with Crippen LogP contribution in [0.4, 0.5) is 5.69 Å². The number of allylic oxidation sites excluding steroid dienone is 2. The predicted octanol–water partition coefficient (Wildman–Crippen LogP) is 5.17. The summed E-state index contributed by atoms with van der Waals surface area (Å²) in [5.74, 6) is -0.893. The van der Waals surface area contributed by atoms with Gasteiger partial charge in [-0.2, -0.15) is 5.26 Å². The molecule has 0 saturated heterocycles. The number of hydrogen-bond acceptors (Lipinski definition) is 5. The Balaban J connectivity index is 1.76. The largest absolute Gasteiger partial charge is 0.439 e. The number of hydrogen-bond donors (Lipinski definition) is 1. The van der Waals surface area contributed by atoms with Crippen molar-refractivity contribution in [2.24, 2.45) is 5.73 Å². The number of anilines is 1. The van der Waals surface area contributed by atoms with Crippen LogP contribution >= 0.6 is 11.6 Å². The summed E-state index contributed by atoms with van der Waals surface area (Å²) in [4.78, 5) is -0.00748. The van der Waals surface area contributed by atoms with Crippen molar-refractivity contribution in [3.63, 3.8) is 0 Å². The van der Waals surface area contributed by atoms with Gasteiger partial charge < -0.3 is 10.5 Å². The highest BCUT2D eigenvalue weighted by Gasteiger charge is 2.47. The molecule has 3 aromatic rings. The molecule has 8 heteroatoms. The highest BCUT2D eigenvalue weighted by molar-refractivity contribution is 7.96. The molecule has 0 unspecified atom stereocenters. The molecule has 0 radical (unpaired) electrons. The van der Waals surface area contributed by atoms with Gasteiger partial charge in [0.1, 0.15) is 16.5 Å². The van der Waals surface area contributed by atoms with Gasteiger partial charge in [0.25, 0.3) is 10.0 Å². The molecule has 0 aromatic heterocycles. The number of aryl methyl sites for hydroxylation is 1. The van der Waals surface area contributed by atoms with E-state index in [0.717, 1.165) is 11.1 Å². The Bertz CT molecular complexity index is 1520. The molecular weight excluding hydrogens is 470 g/mol. The molecule has 170 valence electrons. The van der Waals surface area contributed by atoms with Crippen LogP contribution in [0.3, 0.4) is 0 Å². The zero-order valence-electron chi connectivity index (χ0n) is 18.2.